The van der Waals surface area contributed by atoms with Crippen molar-refractivity contribution >= 4 is 17.3 Å². The molecule has 4 rings (SSSR count). The van der Waals surface area contributed by atoms with E-state index in [0.717, 1.165) is 48.9 Å². The summed E-state index contributed by atoms with van der Waals surface area (Å²) in [5.41, 5.74) is 9.95. The minimum Gasteiger partial charge on any atom is -0.459 e. The van der Waals surface area contributed by atoms with Gasteiger partial charge in [0.15, 0.2) is 11.5 Å². The number of aryl methyl sites for hydroxylation is 1. The lowest BCUT2D eigenvalue weighted by Crippen LogP contribution is -2.34. The van der Waals surface area contributed by atoms with E-state index in [1.54, 1.807) is 10.7 Å². The fraction of sp³-hybridized carbons (Fsp3) is 0.600. The number of nitrogen functional groups attached to an aromatic ring is 1. The molecule has 0 unspecified atom stereocenters. The van der Waals surface area contributed by atoms with E-state index in [1.165, 1.54) is 31.2 Å². The molecule has 1 aliphatic rings. The van der Waals surface area contributed by atoms with Crippen molar-refractivity contribution in [2.75, 3.05) is 23.7 Å². The third kappa shape index (κ3) is 5.37. The second kappa shape index (κ2) is 10.4. The molecule has 4 heterocycles. The first-order chi connectivity index (χ1) is 16.0. The van der Waals surface area contributed by atoms with Crippen LogP contribution in [0.2, 0.25) is 0 Å². The molecule has 0 radical (unpaired) electrons. The van der Waals surface area contributed by atoms with Crippen molar-refractivity contribution in [1.82, 2.24) is 24.6 Å². The van der Waals surface area contributed by atoms with Crippen LogP contribution >= 0.6 is 0 Å². The number of rotatable bonds is 9. The van der Waals surface area contributed by atoms with Crippen LogP contribution in [0.4, 0.5) is 11.6 Å². The Kier molecular flexibility index (Phi) is 7.30. The highest BCUT2D eigenvalue weighted by molar-refractivity contribution is 5.60. The van der Waals surface area contributed by atoms with Crippen LogP contribution in [-0.2, 0) is 6.42 Å². The smallest absolute Gasteiger partial charge is 0.336 e. The maximum atomic E-state index is 6.14. The van der Waals surface area contributed by atoms with Gasteiger partial charge in [0.2, 0.25) is 0 Å². The summed E-state index contributed by atoms with van der Waals surface area (Å²) in [6.45, 7) is 10.8. The summed E-state index contributed by atoms with van der Waals surface area (Å²) in [6.07, 6.45) is 11.6. The molecule has 0 amide bonds. The summed E-state index contributed by atoms with van der Waals surface area (Å²) in [5.74, 6) is 2.30. The maximum absolute atomic E-state index is 6.14. The zero-order chi connectivity index (χ0) is 23.4. The molecular weight excluding hydrogens is 414 g/mol. The van der Waals surface area contributed by atoms with E-state index >= 15 is 0 Å². The molecule has 1 saturated heterocycles. The number of ether oxygens (including phenoxy) is 1. The number of hydrogen-bond acceptors (Lipinski definition) is 7. The van der Waals surface area contributed by atoms with Crippen molar-refractivity contribution in [3.05, 3.63) is 35.3 Å². The Labute approximate surface area is 196 Å². The van der Waals surface area contributed by atoms with Crippen molar-refractivity contribution < 1.29 is 4.74 Å². The van der Waals surface area contributed by atoms with Crippen LogP contribution in [0.3, 0.4) is 0 Å². The van der Waals surface area contributed by atoms with Crippen LogP contribution in [0.15, 0.2) is 18.5 Å². The molecule has 0 bridgehead atoms. The van der Waals surface area contributed by atoms with Gasteiger partial charge in [0.1, 0.15) is 5.82 Å². The molecular formula is C25H37N7O. The van der Waals surface area contributed by atoms with E-state index in [2.05, 4.69) is 46.8 Å². The number of nitrogens with zero attached hydrogens (tertiary/aromatic N) is 6. The first kappa shape index (κ1) is 23.3. The molecule has 8 nitrogen and oxygen atoms in total. The Morgan fingerprint density at radius 1 is 1.15 bits per heavy atom. The highest BCUT2D eigenvalue weighted by atomic mass is 16.5. The van der Waals surface area contributed by atoms with Crippen molar-refractivity contribution in [2.45, 2.75) is 78.7 Å². The highest BCUT2D eigenvalue weighted by Gasteiger charge is 2.21. The van der Waals surface area contributed by atoms with Crippen LogP contribution in [0.25, 0.3) is 5.65 Å². The number of pyridine rings is 1. The van der Waals surface area contributed by atoms with Gasteiger partial charge >= 0.3 is 6.01 Å². The molecule has 3 aromatic heterocycles. The number of aromatic nitrogens is 5. The van der Waals surface area contributed by atoms with E-state index in [1.807, 2.05) is 13.1 Å². The normalized spacial score (nSPS) is 15.8. The fourth-order valence-electron chi connectivity index (χ4n) is 4.85. The minimum atomic E-state index is 0.0326. The number of nitrogens with two attached hydrogens (primary N) is 1. The van der Waals surface area contributed by atoms with Crippen LogP contribution < -0.4 is 15.4 Å². The van der Waals surface area contributed by atoms with Crippen LogP contribution in [0.1, 0.15) is 76.1 Å². The van der Waals surface area contributed by atoms with Crippen LogP contribution in [-0.4, -0.2) is 43.8 Å². The van der Waals surface area contributed by atoms with Gasteiger partial charge in [0.25, 0.3) is 0 Å². The molecule has 0 saturated carbocycles. The van der Waals surface area contributed by atoms with Gasteiger partial charge in [0, 0.05) is 25.7 Å². The number of fused-ring (bicyclic) bond motifs is 1. The summed E-state index contributed by atoms with van der Waals surface area (Å²) in [5, 5.41) is 4.56. The predicted octanol–water partition coefficient (Wildman–Crippen LogP) is 4.58. The Bertz CT molecular complexity index is 1070. The van der Waals surface area contributed by atoms with Crippen molar-refractivity contribution in [2.24, 2.45) is 5.92 Å². The second-order valence-electron chi connectivity index (χ2n) is 9.36. The van der Waals surface area contributed by atoms with Gasteiger partial charge in [0.05, 0.1) is 18.0 Å². The first-order valence-corrected chi connectivity index (χ1v) is 12.4. The lowest BCUT2D eigenvalue weighted by atomic mass is 9.92. The van der Waals surface area contributed by atoms with Crippen LogP contribution in [0.5, 0.6) is 6.01 Å². The van der Waals surface area contributed by atoms with Gasteiger partial charge in [-0.05, 0) is 50.2 Å². The van der Waals surface area contributed by atoms with Crippen molar-refractivity contribution in [3.63, 3.8) is 0 Å². The average molecular weight is 452 g/mol. The summed E-state index contributed by atoms with van der Waals surface area (Å²) in [4.78, 5) is 16.0. The molecule has 2 N–H and O–H groups in total. The summed E-state index contributed by atoms with van der Waals surface area (Å²) >= 11 is 0. The first-order valence-electron chi connectivity index (χ1n) is 12.4. The minimum absolute atomic E-state index is 0.0326. The molecule has 3 aromatic rings. The lowest BCUT2D eigenvalue weighted by molar-refractivity contribution is 0.189. The zero-order valence-corrected chi connectivity index (χ0v) is 20.4. The zero-order valence-electron chi connectivity index (χ0n) is 20.4. The maximum Gasteiger partial charge on any atom is 0.336 e. The van der Waals surface area contributed by atoms with Gasteiger partial charge in [-0.15, -0.1) is 5.10 Å². The second-order valence-corrected chi connectivity index (χ2v) is 9.36. The number of imidazole rings is 1. The largest absolute Gasteiger partial charge is 0.459 e. The third-order valence-corrected chi connectivity index (χ3v) is 6.54. The molecule has 1 atom stereocenters. The fourth-order valence-corrected chi connectivity index (χ4v) is 4.85. The standard InChI is InChI=1S/C25H37N7O/c1-5-7-18(4)33-25-29-22(26)24-28-16-21(32(24)30-25)14-20-13-17(3)23(27-15-20)31-11-9-19(8-6-2)10-12-31/h13,15-16,18-19H,5-12,14H2,1-4H3,(H2,26,29,30)/t18-/m0/s1. The SMILES string of the molecule is CCCC1CCN(c2ncc(Cc3cnc4c(N)nc(O[C@@H](C)CCC)nn34)cc2C)CC1. The topological polar surface area (TPSA) is 94.5 Å². The van der Waals surface area contributed by atoms with Gasteiger partial charge in [-0.1, -0.05) is 39.2 Å². The molecule has 1 aliphatic heterocycles. The average Bonchev–Trinajstić information content (AvgIpc) is 3.18. The molecule has 178 valence electrons. The molecule has 0 spiro atoms. The number of hydrogen-bond donors (Lipinski definition) is 1. The van der Waals surface area contributed by atoms with Gasteiger partial charge in [-0.25, -0.2) is 14.5 Å². The summed E-state index contributed by atoms with van der Waals surface area (Å²) in [6, 6.07) is 2.52. The van der Waals surface area contributed by atoms with Crippen molar-refractivity contribution in [1.29, 1.82) is 0 Å². The molecule has 0 aromatic carbocycles. The Balaban J connectivity index is 1.50. The predicted molar refractivity (Wildman–Crippen MR) is 132 cm³/mol. The number of anilines is 2. The van der Waals surface area contributed by atoms with Gasteiger partial charge < -0.3 is 15.4 Å². The van der Waals surface area contributed by atoms with E-state index in [9.17, 15) is 0 Å². The summed E-state index contributed by atoms with van der Waals surface area (Å²) in [7, 11) is 0. The quantitative estimate of drug-likeness (QED) is 0.508. The van der Waals surface area contributed by atoms with E-state index in [-0.39, 0.29) is 12.1 Å². The Hall–Kier alpha value is -2.90. The monoisotopic (exact) mass is 451 g/mol. The molecule has 1 fully saturated rings. The van der Waals surface area contributed by atoms with E-state index < -0.39 is 0 Å². The number of piperidine rings is 1. The summed E-state index contributed by atoms with van der Waals surface area (Å²) < 4.78 is 7.62. The van der Waals surface area contributed by atoms with Crippen LogP contribution in [0, 0.1) is 12.8 Å². The van der Waals surface area contributed by atoms with E-state index in [0.29, 0.717) is 17.9 Å². The lowest BCUT2D eigenvalue weighted by Gasteiger charge is -2.33. The Morgan fingerprint density at radius 2 is 1.94 bits per heavy atom. The third-order valence-electron chi connectivity index (χ3n) is 6.54. The highest BCUT2D eigenvalue weighted by Crippen LogP contribution is 2.27. The van der Waals surface area contributed by atoms with E-state index in [4.69, 9.17) is 15.5 Å². The molecule has 33 heavy (non-hydrogen) atoms. The molecule has 8 heteroatoms. The van der Waals surface area contributed by atoms with Gasteiger partial charge in [-0.2, -0.15) is 4.98 Å². The Morgan fingerprint density at radius 3 is 2.64 bits per heavy atom. The van der Waals surface area contributed by atoms with Crippen molar-refractivity contribution in [3.8, 4) is 6.01 Å². The van der Waals surface area contributed by atoms with Gasteiger partial charge in [-0.3, -0.25) is 0 Å². The molecule has 0 aliphatic carbocycles.